The summed E-state index contributed by atoms with van der Waals surface area (Å²) >= 11 is 1.59. The molecule has 0 aliphatic carbocycles. The van der Waals surface area contributed by atoms with E-state index in [1.54, 1.807) is 23.5 Å². The first-order valence-electron chi connectivity index (χ1n) is 7.87. The van der Waals surface area contributed by atoms with Crippen molar-refractivity contribution >= 4 is 43.2 Å². The molecular weight excluding hydrogens is 356 g/mol. The minimum Gasteiger partial charge on any atom is -0.365 e. The molecule has 0 bridgehead atoms. The Labute approximate surface area is 151 Å². The summed E-state index contributed by atoms with van der Waals surface area (Å²) in [6.45, 7) is 4.63. The van der Waals surface area contributed by atoms with Gasteiger partial charge in [-0.2, -0.15) is 4.98 Å². The van der Waals surface area contributed by atoms with Crippen molar-refractivity contribution in [3.05, 3.63) is 41.3 Å². The van der Waals surface area contributed by atoms with Gasteiger partial charge in [-0.25, -0.2) is 13.4 Å². The lowest BCUT2D eigenvalue weighted by atomic mass is 10.2. The van der Waals surface area contributed by atoms with Gasteiger partial charge in [0, 0.05) is 18.8 Å². The van der Waals surface area contributed by atoms with Crippen molar-refractivity contribution in [2.75, 3.05) is 16.9 Å². The van der Waals surface area contributed by atoms with E-state index in [1.165, 1.54) is 6.26 Å². The Morgan fingerprint density at radius 2 is 1.84 bits per heavy atom. The quantitative estimate of drug-likeness (QED) is 0.685. The van der Waals surface area contributed by atoms with Gasteiger partial charge in [-0.15, -0.1) is 11.3 Å². The molecule has 3 rings (SSSR count). The number of thiophene rings is 1. The van der Waals surface area contributed by atoms with Gasteiger partial charge in [0.25, 0.3) is 0 Å². The summed E-state index contributed by atoms with van der Waals surface area (Å²) in [6.07, 6.45) is 1.21. The first kappa shape index (κ1) is 17.6. The minimum absolute atomic E-state index is 0.243. The molecule has 2 N–H and O–H groups in total. The third kappa shape index (κ3) is 4.26. The monoisotopic (exact) mass is 376 g/mol. The summed E-state index contributed by atoms with van der Waals surface area (Å²) in [7, 11) is -3.17. The molecule has 25 heavy (non-hydrogen) atoms. The number of benzene rings is 1. The summed E-state index contributed by atoms with van der Waals surface area (Å²) in [5.74, 6) is 1.37. The van der Waals surface area contributed by atoms with Crippen LogP contribution in [0.25, 0.3) is 10.2 Å². The molecular formula is C17H20N4O2S2. The summed E-state index contributed by atoms with van der Waals surface area (Å²) in [5, 5.41) is 8.55. The van der Waals surface area contributed by atoms with Gasteiger partial charge in [-0.05, 0) is 43.0 Å². The first-order chi connectivity index (χ1) is 11.8. The smallest absolute Gasteiger partial charge is 0.225 e. The highest BCUT2D eigenvalue weighted by molar-refractivity contribution is 7.90. The molecule has 1 aromatic carbocycles. The van der Waals surface area contributed by atoms with E-state index in [0.29, 0.717) is 17.4 Å². The molecule has 0 aliphatic rings. The van der Waals surface area contributed by atoms with Gasteiger partial charge in [0.05, 0.1) is 15.1 Å². The third-order valence-corrected chi connectivity index (χ3v) is 5.57. The molecule has 3 aromatic rings. The highest BCUT2D eigenvalue weighted by Crippen LogP contribution is 2.28. The number of anilines is 2. The molecule has 132 valence electrons. The van der Waals surface area contributed by atoms with Crippen molar-refractivity contribution in [1.82, 2.24) is 9.97 Å². The Morgan fingerprint density at radius 3 is 2.48 bits per heavy atom. The number of hydrogen-bond acceptors (Lipinski definition) is 7. The van der Waals surface area contributed by atoms with Crippen LogP contribution in [0.1, 0.15) is 19.4 Å². The summed E-state index contributed by atoms with van der Waals surface area (Å²) in [5.41, 5.74) is 1.88. The van der Waals surface area contributed by atoms with Crippen molar-refractivity contribution in [3.63, 3.8) is 0 Å². The summed E-state index contributed by atoms with van der Waals surface area (Å²) in [4.78, 5) is 9.40. The maximum atomic E-state index is 11.5. The Balaban J connectivity index is 1.81. The predicted molar refractivity (Wildman–Crippen MR) is 103 cm³/mol. The third-order valence-electron chi connectivity index (χ3n) is 3.53. The van der Waals surface area contributed by atoms with Gasteiger partial charge < -0.3 is 10.6 Å². The second-order valence-electron chi connectivity index (χ2n) is 6.10. The average Bonchev–Trinajstić information content (AvgIpc) is 3.00. The zero-order chi connectivity index (χ0) is 18.0. The van der Waals surface area contributed by atoms with Crippen molar-refractivity contribution in [3.8, 4) is 0 Å². The van der Waals surface area contributed by atoms with Crippen molar-refractivity contribution < 1.29 is 8.42 Å². The molecule has 0 saturated heterocycles. The largest absolute Gasteiger partial charge is 0.365 e. The molecule has 0 amide bonds. The van der Waals surface area contributed by atoms with Gasteiger partial charge in [-0.3, -0.25) is 0 Å². The molecule has 6 nitrogen and oxygen atoms in total. The standard InChI is InChI=1S/C17H20N4O2S2/c1-11(2)19-17-20-14-8-9-24-15(14)16(21-17)18-10-12-4-6-13(7-5-12)25(3,22)23/h4-9,11H,10H2,1-3H3,(H2,18,19,20,21). The Kier molecular flexibility index (Phi) is 4.91. The maximum Gasteiger partial charge on any atom is 0.225 e. The van der Waals surface area contributed by atoms with E-state index < -0.39 is 9.84 Å². The van der Waals surface area contributed by atoms with Crippen LogP contribution in [-0.4, -0.2) is 30.7 Å². The molecule has 8 heteroatoms. The van der Waals surface area contributed by atoms with E-state index in [-0.39, 0.29) is 6.04 Å². The normalized spacial score (nSPS) is 11.8. The fourth-order valence-corrected chi connectivity index (χ4v) is 3.77. The zero-order valence-corrected chi connectivity index (χ0v) is 15.9. The van der Waals surface area contributed by atoms with Crippen LogP contribution >= 0.6 is 11.3 Å². The number of fused-ring (bicyclic) bond motifs is 1. The van der Waals surface area contributed by atoms with E-state index in [0.717, 1.165) is 21.6 Å². The fraction of sp³-hybridized carbons (Fsp3) is 0.294. The number of hydrogen-bond donors (Lipinski definition) is 2. The number of nitrogens with one attached hydrogen (secondary N) is 2. The van der Waals surface area contributed by atoms with Crippen LogP contribution in [0.3, 0.4) is 0 Å². The number of aromatic nitrogens is 2. The number of rotatable bonds is 6. The molecule has 0 aliphatic heterocycles. The average molecular weight is 377 g/mol. The van der Waals surface area contributed by atoms with Crippen molar-refractivity contribution in [1.29, 1.82) is 0 Å². The van der Waals surface area contributed by atoms with E-state index in [4.69, 9.17) is 0 Å². The van der Waals surface area contributed by atoms with E-state index in [9.17, 15) is 8.42 Å². The van der Waals surface area contributed by atoms with Crippen LogP contribution in [0.4, 0.5) is 11.8 Å². The number of sulfone groups is 1. The van der Waals surface area contributed by atoms with E-state index >= 15 is 0 Å². The Hall–Kier alpha value is -2.19. The Bertz CT molecular complexity index is 980. The highest BCUT2D eigenvalue weighted by atomic mass is 32.2. The number of nitrogens with zero attached hydrogens (tertiary/aromatic N) is 2. The molecule has 2 aromatic heterocycles. The lowest BCUT2D eigenvalue weighted by molar-refractivity contribution is 0.602. The van der Waals surface area contributed by atoms with Gasteiger partial charge in [0.15, 0.2) is 9.84 Å². The molecule has 0 spiro atoms. The second-order valence-corrected chi connectivity index (χ2v) is 9.03. The fourth-order valence-electron chi connectivity index (χ4n) is 2.35. The highest BCUT2D eigenvalue weighted by Gasteiger charge is 2.10. The van der Waals surface area contributed by atoms with Crippen molar-refractivity contribution in [2.24, 2.45) is 0 Å². The second kappa shape index (κ2) is 6.97. The maximum absolute atomic E-state index is 11.5. The molecule has 0 radical (unpaired) electrons. The zero-order valence-electron chi connectivity index (χ0n) is 14.3. The lowest BCUT2D eigenvalue weighted by Gasteiger charge is -2.12. The molecule has 0 unspecified atom stereocenters. The van der Waals surface area contributed by atoms with Crippen LogP contribution in [0.15, 0.2) is 40.6 Å². The minimum atomic E-state index is -3.17. The predicted octanol–water partition coefficient (Wildman–Crippen LogP) is 3.53. The SMILES string of the molecule is CC(C)Nc1nc(NCc2ccc(S(C)(=O)=O)cc2)c2sccc2n1. The summed E-state index contributed by atoms with van der Waals surface area (Å²) < 4.78 is 24.1. The molecule has 0 atom stereocenters. The lowest BCUT2D eigenvalue weighted by Crippen LogP contribution is -2.13. The van der Waals surface area contributed by atoms with Gasteiger partial charge in [0.1, 0.15) is 5.82 Å². The van der Waals surface area contributed by atoms with Crippen molar-refractivity contribution in [2.45, 2.75) is 31.3 Å². The molecule has 2 heterocycles. The van der Waals surface area contributed by atoms with Crippen LogP contribution in [0, 0.1) is 0 Å². The van der Waals surface area contributed by atoms with Crippen LogP contribution in [-0.2, 0) is 16.4 Å². The van der Waals surface area contributed by atoms with Gasteiger partial charge >= 0.3 is 0 Å². The molecule has 0 saturated carbocycles. The molecule has 0 fully saturated rings. The van der Waals surface area contributed by atoms with Gasteiger partial charge in [-0.1, -0.05) is 12.1 Å². The van der Waals surface area contributed by atoms with Crippen LogP contribution < -0.4 is 10.6 Å². The van der Waals surface area contributed by atoms with E-state index in [2.05, 4.69) is 20.6 Å². The van der Waals surface area contributed by atoms with Crippen LogP contribution in [0.2, 0.25) is 0 Å². The first-order valence-corrected chi connectivity index (χ1v) is 10.6. The van der Waals surface area contributed by atoms with E-state index in [1.807, 2.05) is 37.4 Å². The topological polar surface area (TPSA) is 84.0 Å². The Morgan fingerprint density at radius 1 is 1.12 bits per heavy atom. The van der Waals surface area contributed by atoms with Crippen LogP contribution in [0.5, 0.6) is 0 Å². The summed E-state index contributed by atoms with van der Waals surface area (Å²) in [6, 6.07) is 9.08. The van der Waals surface area contributed by atoms with Gasteiger partial charge in [0.2, 0.25) is 5.95 Å².